The van der Waals surface area contributed by atoms with Crippen molar-refractivity contribution >= 4 is 5.91 Å². The van der Waals surface area contributed by atoms with Gasteiger partial charge < -0.3 is 25.0 Å². The van der Waals surface area contributed by atoms with Crippen LogP contribution >= 0.6 is 0 Å². The average Bonchev–Trinajstić information content (AvgIpc) is 3.64. The second kappa shape index (κ2) is 9.98. The zero-order valence-electron chi connectivity index (χ0n) is 18.1. The normalized spacial score (nSPS) is 27.0. The monoisotopic (exact) mass is 454 g/mol. The Morgan fingerprint density at radius 2 is 1.85 bits per heavy atom. The summed E-state index contributed by atoms with van der Waals surface area (Å²) in [5.41, 5.74) is 0.122. The summed E-state index contributed by atoms with van der Waals surface area (Å²) in [6, 6.07) is 15.1. The van der Waals surface area contributed by atoms with Crippen LogP contribution in [0, 0.1) is 17.1 Å². The van der Waals surface area contributed by atoms with Gasteiger partial charge in [0.25, 0.3) is 5.91 Å². The van der Waals surface area contributed by atoms with E-state index in [4.69, 9.17) is 14.7 Å². The molecule has 2 aromatic carbocycles. The molecule has 33 heavy (non-hydrogen) atoms. The van der Waals surface area contributed by atoms with Crippen LogP contribution in [-0.2, 0) is 27.5 Å². The Labute approximate surface area is 191 Å². The first kappa shape index (κ1) is 23.3. The van der Waals surface area contributed by atoms with Gasteiger partial charge in [0.2, 0.25) is 0 Å². The Bertz CT molecular complexity index is 1020. The van der Waals surface area contributed by atoms with E-state index in [9.17, 15) is 19.4 Å². The Morgan fingerprint density at radius 1 is 1.12 bits per heavy atom. The molecule has 0 heterocycles. The highest BCUT2D eigenvalue weighted by atomic mass is 19.1. The van der Waals surface area contributed by atoms with Gasteiger partial charge in [-0.2, -0.15) is 5.26 Å². The second-order valence-electron chi connectivity index (χ2n) is 8.75. The average molecular weight is 454 g/mol. The molecule has 8 heteroatoms. The van der Waals surface area contributed by atoms with Crippen molar-refractivity contribution < 1.29 is 28.9 Å². The lowest BCUT2D eigenvalue weighted by atomic mass is 9.78. The van der Waals surface area contributed by atoms with Crippen molar-refractivity contribution in [2.45, 2.75) is 68.9 Å². The lowest BCUT2D eigenvalue weighted by molar-refractivity contribution is -0.200. The van der Waals surface area contributed by atoms with Gasteiger partial charge in [-0.3, -0.25) is 4.79 Å². The fourth-order valence-electron chi connectivity index (χ4n) is 4.02. The third kappa shape index (κ3) is 5.57. The van der Waals surface area contributed by atoms with Gasteiger partial charge in [-0.15, -0.1) is 0 Å². The fourth-order valence-corrected chi connectivity index (χ4v) is 4.02. The van der Waals surface area contributed by atoms with Crippen LogP contribution in [0.5, 0.6) is 0 Å². The van der Waals surface area contributed by atoms with Gasteiger partial charge in [-0.25, -0.2) is 4.39 Å². The molecule has 2 aliphatic rings. The molecule has 4 atom stereocenters. The maximum atomic E-state index is 14.2. The number of aliphatic hydroxyl groups excluding tert-OH is 2. The Balaban J connectivity index is 1.51. The molecule has 2 aromatic rings. The highest BCUT2D eigenvalue weighted by Crippen LogP contribution is 2.36. The van der Waals surface area contributed by atoms with E-state index in [1.54, 1.807) is 42.5 Å². The van der Waals surface area contributed by atoms with Crippen LogP contribution < -0.4 is 5.32 Å². The Kier molecular flexibility index (Phi) is 7.05. The summed E-state index contributed by atoms with van der Waals surface area (Å²) in [4.78, 5) is 13.2. The van der Waals surface area contributed by atoms with Crippen molar-refractivity contribution in [3.8, 4) is 6.07 Å². The van der Waals surface area contributed by atoms with E-state index in [0.29, 0.717) is 11.1 Å². The molecule has 2 fully saturated rings. The number of nitriles is 1. The largest absolute Gasteiger partial charge is 0.390 e. The van der Waals surface area contributed by atoms with Gasteiger partial charge in [0, 0.05) is 24.4 Å². The van der Waals surface area contributed by atoms with Gasteiger partial charge in [0.1, 0.15) is 11.9 Å². The van der Waals surface area contributed by atoms with Crippen LogP contribution in [0.4, 0.5) is 4.39 Å². The van der Waals surface area contributed by atoms with Gasteiger partial charge in [0.15, 0.2) is 5.60 Å². The molecule has 2 saturated carbocycles. The van der Waals surface area contributed by atoms with Gasteiger partial charge in [0.05, 0.1) is 37.1 Å². The van der Waals surface area contributed by atoms with Gasteiger partial charge in [-0.05, 0) is 36.6 Å². The van der Waals surface area contributed by atoms with E-state index in [1.807, 2.05) is 6.07 Å². The number of amides is 1. The first-order valence-electron chi connectivity index (χ1n) is 11.1. The number of halogens is 1. The summed E-state index contributed by atoms with van der Waals surface area (Å²) in [5.74, 6) is -0.834. The van der Waals surface area contributed by atoms with Crippen LogP contribution in [0.3, 0.4) is 0 Å². The fraction of sp³-hybridized carbons (Fsp3) is 0.440. The Hall–Kier alpha value is -2.83. The second-order valence-corrected chi connectivity index (χ2v) is 8.75. The summed E-state index contributed by atoms with van der Waals surface area (Å²) >= 11 is 0. The zero-order chi connectivity index (χ0) is 23.4. The predicted molar refractivity (Wildman–Crippen MR) is 116 cm³/mol. The number of benzene rings is 2. The topological polar surface area (TPSA) is 112 Å². The van der Waals surface area contributed by atoms with Crippen LogP contribution in [0.2, 0.25) is 0 Å². The zero-order valence-corrected chi connectivity index (χ0v) is 18.1. The molecule has 0 spiro atoms. The smallest absolute Gasteiger partial charge is 0.252 e. The van der Waals surface area contributed by atoms with Crippen LogP contribution in [-0.4, -0.2) is 46.1 Å². The van der Waals surface area contributed by atoms with E-state index in [0.717, 1.165) is 18.4 Å². The minimum atomic E-state index is -1.47. The number of carbonyl (C=O) groups is 1. The van der Waals surface area contributed by atoms with Crippen molar-refractivity contribution in [1.82, 2.24) is 5.32 Å². The molecule has 0 bridgehead atoms. The lowest BCUT2D eigenvalue weighted by Crippen LogP contribution is -2.60. The van der Waals surface area contributed by atoms with Crippen molar-refractivity contribution in [2.75, 3.05) is 0 Å². The molecule has 174 valence electrons. The maximum absolute atomic E-state index is 14.2. The molecule has 1 unspecified atom stereocenters. The molecule has 1 amide bonds. The quantitative estimate of drug-likeness (QED) is 0.565. The highest BCUT2D eigenvalue weighted by molar-refractivity contribution is 5.86. The minimum Gasteiger partial charge on any atom is -0.390 e. The van der Waals surface area contributed by atoms with E-state index in [-0.39, 0.29) is 38.0 Å². The maximum Gasteiger partial charge on any atom is 0.252 e. The molecule has 7 nitrogen and oxygen atoms in total. The molecule has 0 radical (unpaired) electrons. The first-order valence-corrected chi connectivity index (χ1v) is 11.1. The number of ether oxygens (including phenoxy) is 2. The van der Waals surface area contributed by atoms with Crippen LogP contribution in [0.1, 0.15) is 42.4 Å². The van der Waals surface area contributed by atoms with Crippen LogP contribution in [0.25, 0.3) is 0 Å². The Morgan fingerprint density at radius 3 is 2.52 bits per heavy atom. The molecular formula is C25H27FN2O5. The molecule has 3 N–H and O–H groups in total. The molecule has 0 aliphatic heterocycles. The summed E-state index contributed by atoms with van der Waals surface area (Å²) < 4.78 is 26.1. The number of rotatable bonds is 8. The third-order valence-electron chi connectivity index (χ3n) is 6.18. The number of nitrogens with one attached hydrogen (secondary N) is 1. The lowest BCUT2D eigenvalue weighted by Gasteiger charge is -2.44. The summed E-state index contributed by atoms with van der Waals surface area (Å²) in [7, 11) is 0. The van der Waals surface area contributed by atoms with Gasteiger partial charge >= 0.3 is 0 Å². The highest BCUT2D eigenvalue weighted by Gasteiger charge is 2.52. The van der Waals surface area contributed by atoms with Crippen molar-refractivity contribution in [3.63, 3.8) is 0 Å². The SMILES string of the molecule is N#Cc1ccc(COC2C[C@](OCc3ccccc3F)(C(=O)NC3CC3)C[C@@H](O)[C@H]2O)cc1. The number of aliphatic hydroxyl groups is 2. The molecule has 0 saturated heterocycles. The summed E-state index contributed by atoms with van der Waals surface area (Å²) in [5, 5.41) is 33.0. The molecule has 0 aromatic heterocycles. The molecule has 2 aliphatic carbocycles. The third-order valence-corrected chi connectivity index (χ3v) is 6.18. The first-order chi connectivity index (χ1) is 15.9. The number of hydrogen-bond donors (Lipinski definition) is 3. The van der Waals surface area contributed by atoms with E-state index in [1.165, 1.54) is 6.07 Å². The van der Waals surface area contributed by atoms with Crippen molar-refractivity contribution in [2.24, 2.45) is 0 Å². The standard InChI is InChI=1S/C25H27FN2O5/c26-20-4-2-1-3-18(20)15-33-25(24(31)28-19-9-10-19)11-21(29)23(30)22(12-25)32-14-17-7-5-16(13-27)6-8-17/h1-8,19,21-23,29-30H,9-12,14-15H2,(H,28,31)/t21-,22?,23-,25+/m1/s1. The van der Waals surface area contributed by atoms with E-state index < -0.39 is 29.7 Å². The molecule has 4 rings (SSSR count). The number of nitrogens with zero attached hydrogens (tertiary/aromatic N) is 1. The number of carbonyl (C=O) groups excluding carboxylic acids is 1. The number of hydrogen-bond acceptors (Lipinski definition) is 6. The van der Waals surface area contributed by atoms with E-state index >= 15 is 0 Å². The summed E-state index contributed by atoms with van der Waals surface area (Å²) in [6.45, 7) is -0.0380. The van der Waals surface area contributed by atoms with Gasteiger partial charge in [-0.1, -0.05) is 30.3 Å². The molecular weight excluding hydrogens is 427 g/mol. The summed E-state index contributed by atoms with van der Waals surface area (Å²) in [6.07, 6.45) is -1.71. The van der Waals surface area contributed by atoms with E-state index in [2.05, 4.69) is 5.32 Å². The van der Waals surface area contributed by atoms with Crippen LogP contribution in [0.15, 0.2) is 48.5 Å². The predicted octanol–water partition coefficient (Wildman–Crippen LogP) is 2.33. The minimum absolute atomic E-state index is 0.00844. The van der Waals surface area contributed by atoms with Crippen molar-refractivity contribution in [1.29, 1.82) is 5.26 Å². The van der Waals surface area contributed by atoms with Crippen molar-refractivity contribution in [3.05, 3.63) is 71.0 Å².